The van der Waals surface area contributed by atoms with Crippen LogP contribution < -0.4 is 10.1 Å². The summed E-state index contributed by atoms with van der Waals surface area (Å²) in [4.78, 5) is 11.6. The summed E-state index contributed by atoms with van der Waals surface area (Å²) >= 11 is 0. The lowest BCUT2D eigenvalue weighted by molar-refractivity contribution is -0.143. The highest BCUT2D eigenvalue weighted by atomic mass is 16.5. The third kappa shape index (κ3) is 2.15. The van der Waals surface area contributed by atoms with Crippen LogP contribution in [-0.4, -0.2) is 23.7 Å². The normalized spacial score (nSPS) is 26.9. The Balaban J connectivity index is 2.21. The fraction of sp³-hybridized carbons (Fsp3) is 0.500. The molecule has 2 N–H and O–H groups in total. The maximum atomic E-state index is 11.6. The minimum atomic E-state index is -0.825. The molecule has 0 aromatic heterocycles. The Bertz CT molecular complexity index is 429. The molecule has 1 saturated carbocycles. The average molecular weight is 249 g/mol. The molecule has 0 saturated heterocycles. The van der Waals surface area contributed by atoms with Crippen LogP contribution in [0, 0.1) is 5.92 Å². The summed E-state index contributed by atoms with van der Waals surface area (Å²) in [6.07, 6.45) is 2.58. The first-order valence-electron chi connectivity index (χ1n) is 6.24. The Kier molecular flexibility index (Phi) is 3.45. The van der Waals surface area contributed by atoms with Gasteiger partial charge in [0.25, 0.3) is 0 Å². The van der Waals surface area contributed by atoms with E-state index in [-0.39, 0.29) is 5.92 Å². The quantitative estimate of drug-likeness (QED) is 0.861. The highest BCUT2D eigenvalue weighted by Crippen LogP contribution is 2.38. The number of carboxylic acid groups (broad SMARTS) is 1. The predicted octanol–water partition coefficient (Wildman–Crippen LogP) is 2.75. The van der Waals surface area contributed by atoms with Crippen molar-refractivity contribution >= 4 is 11.7 Å². The third-order valence-corrected chi connectivity index (χ3v) is 3.89. The summed E-state index contributed by atoms with van der Waals surface area (Å²) in [5.74, 6) is 0.143. The molecule has 4 nitrogen and oxygen atoms in total. The van der Waals surface area contributed by atoms with Gasteiger partial charge >= 0.3 is 5.97 Å². The highest BCUT2D eigenvalue weighted by Gasteiger charge is 2.47. The molecule has 98 valence electrons. The molecular weight excluding hydrogens is 230 g/mol. The number of benzene rings is 1. The highest BCUT2D eigenvalue weighted by molar-refractivity contribution is 5.83. The van der Waals surface area contributed by atoms with Crippen LogP contribution in [0.1, 0.15) is 26.2 Å². The largest absolute Gasteiger partial charge is 0.497 e. The maximum Gasteiger partial charge on any atom is 0.329 e. The second-order valence-electron chi connectivity index (χ2n) is 4.92. The fourth-order valence-corrected chi connectivity index (χ4v) is 2.67. The van der Waals surface area contributed by atoms with Crippen LogP contribution in [0.15, 0.2) is 24.3 Å². The Morgan fingerprint density at radius 3 is 2.56 bits per heavy atom. The van der Waals surface area contributed by atoms with Crippen molar-refractivity contribution in [3.8, 4) is 5.75 Å². The number of carboxylic acids is 1. The molecule has 1 fully saturated rings. The summed E-state index contributed by atoms with van der Waals surface area (Å²) in [6.45, 7) is 2.00. The number of nitrogens with one attached hydrogen (secondary N) is 1. The van der Waals surface area contributed by atoms with Crippen molar-refractivity contribution in [2.24, 2.45) is 5.92 Å². The van der Waals surface area contributed by atoms with Crippen LogP contribution >= 0.6 is 0 Å². The van der Waals surface area contributed by atoms with E-state index in [4.69, 9.17) is 4.74 Å². The zero-order valence-electron chi connectivity index (χ0n) is 10.8. The van der Waals surface area contributed by atoms with Crippen molar-refractivity contribution in [1.29, 1.82) is 0 Å². The minimum Gasteiger partial charge on any atom is -0.497 e. The lowest BCUT2D eigenvalue weighted by Crippen LogP contribution is -2.48. The van der Waals surface area contributed by atoms with E-state index >= 15 is 0 Å². The third-order valence-electron chi connectivity index (χ3n) is 3.89. The molecule has 0 amide bonds. The van der Waals surface area contributed by atoms with Crippen LogP contribution in [0.3, 0.4) is 0 Å². The van der Waals surface area contributed by atoms with Gasteiger partial charge < -0.3 is 15.2 Å². The average Bonchev–Trinajstić information content (AvgIpc) is 2.73. The molecular formula is C14H19NO3. The van der Waals surface area contributed by atoms with E-state index in [0.717, 1.165) is 24.3 Å². The number of rotatable bonds is 4. The van der Waals surface area contributed by atoms with E-state index in [0.29, 0.717) is 6.42 Å². The Morgan fingerprint density at radius 1 is 1.44 bits per heavy atom. The number of hydrogen-bond donors (Lipinski definition) is 2. The van der Waals surface area contributed by atoms with E-state index in [1.165, 1.54) is 0 Å². The summed E-state index contributed by atoms with van der Waals surface area (Å²) in [5, 5.41) is 12.7. The lowest BCUT2D eigenvalue weighted by atomic mass is 9.88. The predicted molar refractivity (Wildman–Crippen MR) is 70.0 cm³/mol. The van der Waals surface area contributed by atoms with Gasteiger partial charge in [0, 0.05) is 5.69 Å². The molecule has 4 heteroatoms. The molecule has 0 heterocycles. The first-order valence-corrected chi connectivity index (χ1v) is 6.24. The summed E-state index contributed by atoms with van der Waals surface area (Å²) in [6, 6.07) is 7.37. The lowest BCUT2D eigenvalue weighted by Gasteiger charge is -2.31. The van der Waals surface area contributed by atoms with Gasteiger partial charge in [0.15, 0.2) is 0 Å². The van der Waals surface area contributed by atoms with Crippen molar-refractivity contribution in [1.82, 2.24) is 0 Å². The van der Waals surface area contributed by atoms with Crippen LogP contribution in [0.2, 0.25) is 0 Å². The van der Waals surface area contributed by atoms with Crippen molar-refractivity contribution in [3.63, 3.8) is 0 Å². The van der Waals surface area contributed by atoms with Gasteiger partial charge in [-0.15, -0.1) is 0 Å². The van der Waals surface area contributed by atoms with Gasteiger partial charge in [0.1, 0.15) is 11.3 Å². The molecule has 1 aliphatic rings. The molecule has 2 rings (SSSR count). The standard InChI is InChI=1S/C14H19NO3/c1-10-4-3-9-14(10,13(16)17)15-11-5-7-12(18-2)8-6-11/h5-8,10,15H,3-4,9H2,1-2H3,(H,16,17). The molecule has 2 unspecified atom stereocenters. The molecule has 1 aromatic carbocycles. The first-order chi connectivity index (χ1) is 8.58. The molecule has 1 aliphatic carbocycles. The number of anilines is 1. The van der Waals surface area contributed by atoms with Gasteiger partial charge in [0.2, 0.25) is 0 Å². The Labute approximate surface area is 107 Å². The Hall–Kier alpha value is -1.71. The molecule has 1 aromatic rings. The van der Waals surface area contributed by atoms with Gasteiger partial charge in [-0.1, -0.05) is 13.3 Å². The smallest absolute Gasteiger partial charge is 0.329 e. The molecule has 2 atom stereocenters. The summed E-state index contributed by atoms with van der Waals surface area (Å²) in [7, 11) is 1.61. The molecule has 0 bridgehead atoms. The van der Waals surface area contributed by atoms with Crippen molar-refractivity contribution in [3.05, 3.63) is 24.3 Å². The number of ether oxygens (including phenoxy) is 1. The van der Waals surface area contributed by atoms with Crippen molar-refractivity contribution in [2.75, 3.05) is 12.4 Å². The van der Waals surface area contributed by atoms with E-state index in [1.807, 2.05) is 31.2 Å². The van der Waals surface area contributed by atoms with Crippen LogP contribution in [-0.2, 0) is 4.79 Å². The van der Waals surface area contributed by atoms with Crippen LogP contribution in [0.5, 0.6) is 5.75 Å². The summed E-state index contributed by atoms with van der Waals surface area (Å²) in [5.41, 5.74) is 0.00107. The number of hydrogen-bond acceptors (Lipinski definition) is 3. The van der Waals surface area contributed by atoms with Gasteiger partial charge in [-0.05, 0) is 43.0 Å². The number of carbonyl (C=O) groups is 1. The van der Waals surface area contributed by atoms with Gasteiger partial charge in [-0.2, -0.15) is 0 Å². The van der Waals surface area contributed by atoms with Crippen LogP contribution in [0.25, 0.3) is 0 Å². The van der Waals surface area contributed by atoms with Gasteiger partial charge in [0.05, 0.1) is 7.11 Å². The molecule has 0 aliphatic heterocycles. The summed E-state index contributed by atoms with van der Waals surface area (Å²) < 4.78 is 5.09. The van der Waals surface area contributed by atoms with Gasteiger partial charge in [-0.25, -0.2) is 4.79 Å². The van der Waals surface area contributed by atoms with Crippen molar-refractivity contribution < 1.29 is 14.6 Å². The Morgan fingerprint density at radius 2 is 2.11 bits per heavy atom. The minimum absolute atomic E-state index is 0.136. The second kappa shape index (κ2) is 4.88. The van der Waals surface area contributed by atoms with Crippen LogP contribution in [0.4, 0.5) is 5.69 Å². The molecule has 0 radical (unpaired) electrons. The van der Waals surface area contributed by atoms with E-state index < -0.39 is 11.5 Å². The molecule has 0 spiro atoms. The first kappa shape index (κ1) is 12.7. The van der Waals surface area contributed by atoms with E-state index in [9.17, 15) is 9.90 Å². The second-order valence-corrected chi connectivity index (χ2v) is 4.92. The van der Waals surface area contributed by atoms with Gasteiger partial charge in [-0.3, -0.25) is 0 Å². The van der Waals surface area contributed by atoms with E-state index in [1.54, 1.807) is 7.11 Å². The topological polar surface area (TPSA) is 58.6 Å². The number of aliphatic carboxylic acids is 1. The van der Waals surface area contributed by atoms with Crippen molar-refractivity contribution in [2.45, 2.75) is 31.7 Å². The zero-order valence-corrected chi connectivity index (χ0v) is 10.8. The van der Waals surface area contributed by atoms with E-state index in [2.05, 4.69) is 5.32 Å². The molecule has 18 heavy (non-hydrogen) atoms. The number of methoxy groups -OCH3 is 1. The maximum absolute atomic E-state index is 11.6. The SMILES string of the molecule is COc1ccc(NC2(C(=O)O)CCCC2C)cc1. The monoisotopic (exact) mass is 249 g/mol. The zero-order chi connectivity index (χ0) is 13.2. The fourth-order valence-electron chi connectivity index (χ4n) is 2.67.